The molecule has 26 heavy (non-hydrogen) atoms. The lowest BCUT2D eigenvalue weighted by molar-refractivity contribution is -0.178. The molecule has 0 aliphatic carbocycles. The Balaban J connectivity index is 3.27. The summed E-state index contributed by atoms with van der Waals surface area (Å²) in [5, 5.41) is 1.73. The highest BCUT2D eigenvalue weighted by Crippen LogP contribution is 2.35. The fraction of sp³-hybridized carbons (Fsp3) is 0.688. The highest BCUT2D eigenvalue weighted by Gasteiger charge is 2.58. The molecule has 0 bridgehead atoms. The topological polar surface area (TPSA) is 84.9 Å². The molecule has 1 aliphatic heterocycles. The Kier molecular flexibility index (Phi) is 6.32. The fourth-order valence-corrected chi connectivity index (χ4v) is 2.80. The first-order valence-corrected chi connectivity index (χ1v) is 7.86. The lowest BCUT2D eigenvalue weighted by atomic mass is 9.87. The van der Waals surface area contributed by atoms with Gasteiger partial charge in [-0.2, -0.15) is 13.2 Å². The van der Waals surface area contributed by atoms with E-state index in [2.05, 4.69) is 11.3 Å². The first-order valence-electron chi connectivity index (χ1n) is 7.86. The van der Waals surface area contributed by atoms with Crippen LogP contribution in [0.4, 0.5) is 18.0 Å². The number of hydrogen-bond donors (Lipinski definition) is 1. The van der Waals surface area contributed by atoms with Crippen LogP contribution < -0.4 is 5.32 Å². The monoisotopic (exact) mass is 380 g/mol. The summed E-state index contributed by atoms with van der Waals surface area (Å²) in [4.78, 5) is 37.3. The quantitative estimate of drug-likeness (QED) is 0.597. The maximum atomic E-state index is 12.7. The van der Waals surface area contributed by atoms with E-state index in [1.54, 1.807) is 26.1 Å². The van der Waals surface area contributed by atoms with Crippen molar-refractivity contribution in [3.63, 3.8) is 0 Å². The van der Waals surface area contributed by atoms with Gasteiger partial charge in [0.05, 0.1) is 13.2 Å². The summed E-state index contributed by atoms with van der Waals surface area (Å²) in [7, 11) is 0.991. The van der Waals surface area contributed by atoms with E-state index in [1.165, 1.54) is 6.08 Å². The van der Waals surface area contributed by atoms with Gasteiger partial charge in [0.25, 0.3) is 0 Å². The Bertz CT molecular complexity index is 585. The van der Waals surface area contributed by atoms with Crippen molar-refractivity contribution in [2.75, 3.05) is 13.7 Å². The Labute approximate surface area is 149 Å². The van der Waals surface area contributed by atoms with Gasteiger partial charge in [0.15, 0.2) is 5.54 Å². The number of likely N-dealkylation sites (tertiary alicyclic amines) is 1. The molecule has 10 heteroatoms. The molecule has 1 heterocycles. The summed E-state index contributed by atoms with van der Waals surface area (Å²) in [6, 6.07) is -1.13. The summed E-state index contributed by atoms with van der Waals surface area (Å²) >= 11 is 0. The number of esters is 1. The molecule has 1 N–H and O–H groups in total. The number of rotatable bonds is 4. The van der Waals surface area contributed by atoms with Crippen LogP contribution in [0.15, 0.2) is 12.7 Å². The number of nitrogens with zero attached hydrogens (tertiary/aromatic N) is 1. The normalized spacial score (nSPS) is 23.3. The maximum absolute atomic E-state index is 12.7. The van der Waals surface area contributed by atoms with Gasteiger partial charge in [0.1, 0.15) is 5.60 Å². The summed E-state index contributed by atoms with van der Waals surface area (Å²) in [5.41, 5.74) is -2.89. The van der Waals surface area contributed by atoms with Gasteiger partial charge in [-0.25, -0.2) is 9.59 Å². The minimum absolute atomic E-state index is 0.0491. The zero-order valence-corrected chi connectivity index (χ0v) is 15.1. The van der Waals surface area contributed by atoms with Gasteiger partial charge in [0, 0.05) is 13.0 Å². The first-order chi connectivity index (χ1) is 11.8. The van der Waals surface area contributed by atoms with Gasteiger partial charge < -0.3 is 19.7 Å². The highest BCUT2D eigenvalue weighted by atomic mass is 19.4. The molecule has 2 amide bonds. The van der Waals surface area contributed by atoms with Crippen molar-refractivity contribution in [3.8, 4) is 0 Å². The number of methoxy groups -OCH3 is 1. The largest absolute Gasteiger partial charge is 0.471 e. The lowest BCUT2D eigenvalue weighted by Gasteiger charge is -2.36. The first kappa shape index (κ1) is 21.8. The van der Waals surface area contributed by atoms with Crippen LogP contribution >= 0.6 is 0 Å². The minimum Gasteiger partial charge on any atom is -0.467 e. The third-order valence-electron chi connectivity index (χ3n) is 3.85. The Morgan fingerprint density at radius 1 is 1.31 bits per heavy atom. The molecule has 1 aliphatic rings. The van der Waals surface area contributed by atoms with Gasteiger partial charge in [-0.15, -0.1) is 6.58 Å². The average Bonchev–Trinajstić information content (AvgIpc) is 2.84. The number of hydrogen-bond acceptors (Lipinski definition) is 5. The second-order valence-corrected chi connectivity index (χ2v) is 6.88. The summed E-state index contributed by atoms with van der Waals surface area (Å²) < 4.78 is 48.1. The van der Waals surface area contributed by atoms with Crippen molar-refractivity contribution in [1.29, 1.82) is 0 Å². The van der Waals surface area contributed by atoms with Crippen molar-refractivity contribution in [3.05, 3.63) is 12.7 Å². The number of amides is 2. The van der Waals surface area contributed by atoms with E-state index >= 15 is 0 Å². The molecule has 1 fully saturated rings. The third-order valence-corrected chi connectivity index (χ3v) is 3.85. The van der Waals surface area contributed by atoms with E-state index in [9.17, 15) is 27.6 Å². The Morgan fingerprint density at radius 2 is 1.88 bits per heavy atom. The summed E-state index contributed by atoms with van der Waals surface area (Å²) in [6.07, 6.45) is -4.97. The molecular formula is C16H23F3N2O5. The molecule has 0 aromatic heterocycles. The summed E-state index contributed by atoms with van der Waals surface area (Å²) in [5.74, 6) is -3.36. The number of halogens is 3. The third kappa shape index (κ3) is 4.67. The van der Waals surface area contributed by atoms with Crippen LogP contribution in [0.2, 0.25) is 0 Å². The van der Waals surface area contributed by atoms with Crippen LogP contribution in [0, 0.1) is 0 Å². The van der Waals surface area contributed by atoms with Crippen LogP contribution in [0.25, 0.3) is 0 Å². The second kappa shape index (κ2) is 7.55. The lowest BCUT2D eigenvalue weighted by Crippen LogP contribution is -2.64. The standard InChI is InChI=1S/C16H23F3N2O5/c1-6-7-10-15(12(23)25-5,20-11(22)16(17,18)19)8-9-21(10)13(24)26-14(2,3)4/h6,10H,1,7-9H2,2-5H3,(H,20,22). The van der Waals surface area contributed by atoms with E-state index in [-0.39, 0.29) is 19.4 Å². The number of ether oxygens (including phenoxy) is 2. The zero-order valence-electron chi connectivity index (χ0n) is 15.1. The molecule has 0 aromatic rings. The molecule has 7 nitrogen and oxygen atoms in total. The number of carbonyl (C=O) groups excluding carboxylic acids is 3. The molecule has 2 atom stereocenters. The smallest absolute Gasteiger partial charge is 0.467 e. The fourth-order valence-electron chi connectivity index (χ4n) is 2.80. The van der Waals surface area contributed by atoms with Crippen molar-refractivity contribution in [2.45, 2.75) is 57.0 Å². The van der Waals surface area contributed by atoms with Gasteiger partial charge in [0.2, 0.25) is 0 Å². The van der Waals surface area contributed by atoms with E-state index < -0.39 is 41.3 Å². The minimum atomic E-state index is -5.20. The molecule has 0 saturated carbocycles. The van der Waals surface area contributed by atoms with Crippen molar-refractivity contribution >= 4 is 18.0 Å². The molecule has 1 rings (SSSR count). The van der Waals surface area contributed by atoms with E-state index in [0.29, 0.717) is 0 Å². The second-order valence-electron chi connectivity index (χ2n) is 6.88. The van der Waals surface area contributed by atoms with Crippen LogP contribution in [-0.2, 0) is 19.1 Å². The number of nitrogens with one attached hydrogen (secondary N) is 1. The zero-order chi connectivity index (χ0) is 20.3. The van der Waals surface area contributed by atoms with Crippen LogP contribution in [0.5, 0.6) is 0 Å². The van der Waals surface area contributed by atoms with E-state index in [4.69, 9.17) is 4.74 Å². The number of carbonyl (C=O) groups is 3. The van der Waals surface area contributed by atoms with Gasteiger partial charge in [-0.05, 0) is 27.2 Å². The molecule has 2 unspecified atom stereocenters. The molecule has 0 aromatic carbocycles. The van der Waals surface area contributed by atoms with Crippen LogP contribution in [0.3, 0.4) is 0 Å². The molecule has 148 valence electrons. The van der Waals surface area contributed by atoms with Gasteiger partial charge in [-0.3, -0.25) is 4.79 Å². The average molecular weight is 380 g/mol. The maximum Gasteiger partial charge on any atom is 0.471 e. The Morgan fingerprint density at radius 3 is 2.31 bits per heavy atom. The van der Waals surface area contributed by atoms with E-state index in [1.807, 2.05) is 0 Å². The molecular weight excluding hydrogens is 357 g/mol. The molecule has 0 spiro atoms. The van der Waals surface area contributed by atoms with E-state index in [0.717, 1.165) is 12.0 Å². The summed E-state index contributed by atoms with van der Waals surface area (Å²) in [6.45, 7) is 8.29. The number of alkyl halides is 3. The predicted molar refractivity (Wildman–Crippen MR) is 85.1 cm³/mol. The highest BCUT2D eigenvalue weighted by molar-refractivity contribution is 5.92. The van der Waals surface area contributed by atoms with Crippen LogP contribution in [-0.4, -0.2) is 59.9 Å². The SMILES string of the molecule is C=CCC1N(C(=O)OC(C)(C)C)CCC1(NC(=O)C(F)(F)F)C(=O)OC. The van der Waals surface area contributed by atoms with Crippen LogP contribution in [0.1, 0.15) is 33.6 Å². The van der Waals surface area contributed by atoms with Crippen molar-refractivity contribution < 1.29 is 37.0 Å². The van der Waals surface area contributed by atoms with Gasteiger partial charge in [-0.1, -0.05) is 6.08 Å². The predicted octanol–water partition coefficient (Wildman–Crippen LogP) is 2.16. The Hall–Kier alpha value is -2.26. The molecule has 1 saturated heterocycles. The van der Waals surface area contributed by atoms with Gasteiger partial charge >= 0.3 is 24.1 Å². The van der Waals surface area contributed by atoms with Crippen molar-refractivity contribution in [1.82, 2.24) is 10.2 Å². The molecule has 0 radical (unpaired) electrons. The van der Waals surface area contributed by atoms with Crippen molar-refractivity contribution in [2.24, 2.45) is 0 Å².